The van der Waals surface area contributed by atoms with Crippen molar-refractivity contribution >= 4 is 12.0 Å². The summed E-state index contributed by atoms with van der Waals surface area (Å²) in [7, 11) is 0. The lowest BCUT2D eigenvalue weighted by Gasteiger charge is -2.07. The molecule has 0 aliphatic rings. The van der Waals surface area contributed by atoms with Crippen LogP contribution >= 0.6 is 0 Å². The number of aliphatic hydroxyl groups is 1. The molecule has 2 rings (SSSR count). The fraction of sp³-hybridized carbons (Fsp3) is 0.214. The molecule has 1 atom stereocenters. The molecule has 100 valence electrons. The SMILES string of the molecule is O=C(/C=C/c1ccco1)NCCC(O)c1ccco1. The predicted molar refractivity (Wildman–Crippen MR) is 69.0 cm³/mol. The second-order valence-electron chi connectivity index (χ2n) is 3.96. The second kappa shape index (κ2) is 6.61. The lowest BCUT2D eigenvalue weighted by atomic mass is 10.2. The molecule has 1 unspecified atom stereocenters. The first kappa shape index (κ1) is 13.2. The van der Waals surface area contributed by atoms with Gasteiger partial charge in [-0.15, -0.1) is 0 Å². The quantitative estimate of drug-likeness (QED) is 0.781. The van der Waals surface area contributed by atoms with E-state index in [9.17, 15) is 9.90 Å². The Morgan fingerprint density at radius 3 is 2.79 bits per heavy atom. The summed E-state index contributed by atoms with van der Waals surface area (Å²) < 4.78 is 10.1. The molecule has 0 spiro atoms. The maximum absolute atomic E-state index is 11.5. The molecule has 0 aliphatic carbocycles. The van der Waals surface area contributed by atoms with E-state index in [2.05, 4.69) is 5.32 Å². The molecule has 2 N–H and O–H groups in total. The van der Waals surface area contributed by atoms with Crippen LogP contribution in [0.1, 0.15) is 24.0 Å². The fourth-order valence-corrected chi connectivity index (χ4v) is 1.56. The lowest BCUT2D eigenvalue weighted by molar-refractivity contribution is -0.116. The zero-order valence-electron chi connectivity index (χ0n) is 10.3. The van der Waals surface area contributed by atoms with Crippen LogP contribution in [0.4, 0.5) is 0 Å². The molecule has 0 saturated heterocycles. The first-order valence-electron chi connectivity index (χ1n) is 5.96. The van der Waals surface area contributed by atoms with Gasteiger partial charge in [0.15, 0.2) is 0 Å². The van der Waals surface area contributed by atoms with E-state index in [0.29, 0.717) is 24.5 Å². The highest BCUT2D eigenvalue weighted by Crippen LogP contribution is 2.15. The van der Waals surface area contributed by atoms with Crippen LogP contribution in [0.15, 0.2) is 51.7 Å². The van der Waals surface area contributed by atoms with E-state index < -0.39 is 6.10 Å². The van der Waals surface area contributed by atoms with Crippen LogP contribution in [0.5, 0.6) is 0 Å². The molecule has 2 heterocycles. The van der Waals surface area contributed by atoms with E-state index in [1.54, 1.807) is 30.3 Å². The molecule has 0 fully saturated rings. The van der Waals surface area contributed by atoms with E-state index in [0.717, 1.165) is 0 Å². The minimum Gasteiger partial charge on any atom is -0.467 e. The van der Waals surface area contributed by atoms with Gasteiger partial charge in [-0.25, -0.2) is 0 Å². The number of hydrogen-bond acceptors (Lipinski definition) is 4. The first-order valence-corrected chi connectivity index (χ1v) is 5.96. The zero-order valence-corrected chi connectivity index (χ0v) is 10.3. The van der Waals surface area contributed by atoms with Crippen LogP contribution in [-0.4, -0.2) is 17.6 Å². The minimum atomic E-state index is -0.704. The third-order valence-electron chi connectivity index (χ3n) is 2.53. The summed E-state index contributed by atoms with van der Waals surface area (Å²) in [6, 6.07) is 6.91. The third-order valence-corrected chi connectivity index (χ3v) is 2.53. The highest BCUT2D eigenvalue weighted by Gasteiger charge is 2.09. The van der Waals surface area contributed by atoms with Gasteiger partial charge in [-0.3, -0.25) is 4.79 Å². The maximum Gasteiger partial charge on any atom is 0.244 e. The standard InChI is InChI=1S/C14H15NO4/c16-12(13-4-2-10-19-13)7-8-15-14(17)6-5-11-3-1-9-18-11/h1-6,9-10,12,16H,7-8H2,(H,15,17)/b6-5+. The number of rotatable bonds is 6. The number of carbonyl (C=O) groups excluding carboxylic acids is 1. The van der Waals surface area contributed by atoms with Gasteiger partial charge in [0.1, 0.15) is 17.6 Å². The van der Waals surface area contributed by atoms with Crippen LogP contribution in [0.3, 0.4) is 0 Å². The van der Waals surface area contributed by atoms with Crippen molar-refractivity contribution < 1.29 is 18.7 Å². The molecule has 5 nitrogen and oxygen atoms in total. The Morgan fingerprint density at radius 2 is 2.11 bits per heavy atom. The average Bonchev–Trinajstić information content (AvgIpc) is 3.09. The summed E-state index contributed by atoms with van der Waals surface area (Å²) in [6.45, 7) is 0.364. The highest BCUT2D eigenvalue weighted by atomic mass is 16.4. The topological polar surface area (TPSA) is 75.6 Å². The van der Waals surface area contributed by atoms with Crippen molar-refractivity contribution in [1.29, 1.82) is 0 Å². The summed E-state index contributed by atoms with van der Waals surface area (Å²) in [6.07, 6.45) is 5.70. The Morgan fingerprint density at radius 1 is 1.32 bits per heavy atom. The Kier molecular flexibility index (Phi) is 4.58. The number of nitrogens with one attached hydrogen (secondary N) is 1. The van der Waals surface area contributed by atoms with Crippen molar-refractivity contribution in [2.24, 2.45) is 0 Å². The normalized spacial score (nSPS) is 12.7. The van der Waals surface area contributed by atoms with Crippen LogP contribution in [0.25, 0.3) is 6.08 Å². The molecule has 0 saturated carbocycles. The molecule has 2 aromatic rings. The Balaban J connectivity index is 1.69. The molecule has 0 aliphatic heterocycles. The van der Waals surface area contributed by atoms with E-state index >= 15 is 0 Å². The van der Waals surface area contributed by atoms with Crippen LogP contribution < -0.4 is 5.32 Å². The van der Waals surface area contributed by atoms with Gasteiger partial charge in [-0.2, -0.15) is 0 Å². The number of amides is 1. The second-order valence-corrected chi connectivity index (χ2v) is 3.96. The Labute approximate surface area is 110 Å². The molecule has 1 amide bonds. The fourth-order valence-electron chi connectivity index (χ4n) is 1.56. The van der Waals surface area contributed by atoms with Crippen LogP contribution in [-0.2, 0) is 4.79 Å². The maximum atomic E-state index is 11.5. The van der Waals surface area contributed by atoms with Gasteiger partial charge in [0.2, 0.25) is 5.91 Å². The zero-order chi connectivity index (χ0) is 13.5. The number of furan rings is 2. The average molecular weight is 261 g/mol. The molecule has 0 bridgehead atoms. The molecular weight excluding hydrogens is 246 g/mol. The minimum absolute atomic E-state index is 0.233. The van der Waals surface area contributed by atoms with Crippen molar-refractivity contribution in [3.8, 4) is 0 Å². The van der Waals surface area contributed by atoms with Crippen molar-refractivity contribution in [1.82, 2.24) is 5.32 Å². The van der Waals surface area contributed by atoms with E-state index in [-0.39, 0.29) is 5.91 Å². The summed E-state index contributed by atoms with van der Waals surface area (Å²) in [5, 5.41) is 12.4. The monoisotopic (exact) mass is 261 g/mol. The van der Waals surface area contributed by atoms with Gasteiger partial charge in [0, 0.05) is 12.6 Å². The summed E-state index contributed by atoms with van der Waals surface area (Å²) >= 11 is 0. The molecule has 0 radical (unpaired) electrons. The molecule has 5 heteroatoms. The van der Waals surface area contributed by atoms with Crippen molar-refractivity contribution in [2.75, 3.05) is 6.54 Å². The van der Waals surface area contributed by atoms with Gasteiger partial charge in [0.25, 0.3) is 0 Å². The van der Waals surface area contributed by atoms with Gasteiger partial charge in [0.05, 0.1) is 12.5 Å². The predicted octanol–water partition coefficient (Wildman–Crippen LogP) is 2.13. The molecule has 0 aromatic carbocycles. The van der Waals surface area contributed by atoms with Gasteiger partial charge >= 0.3 is 0 Å². The van der Waals surface area contributed by atoms with Crippen LogP contribution in [0.2, 0.25) is 0 Å². The third kappa shape index (κ3) is 4.15. The Hall–Kier alpha value is -2.27. The van der Waals surface area contributed by atoms with E-state index in [4.69, 9.17) is 8.83 Å². The largest absolute Gasteiger partial charge is 0.467 e. The van der Waals surface area contributed by atoms with Crippen molar-refractivity contribution in [2.45, 2.75) is 12.5 Å². The number of hydrogen-bond donors (Lipinski definition) is 2. The van der Waals surface area contributed by atoms with E-state index in [1.165, 1.54) is 18.6 Å². The summed E-state index contributed by atoms with van der Waals surface area (Å²) in [5.74, 6) is 0.884. The lowest BCUT2D eigenvalue weighted by Crippen LogP contribution is -2.23. The smallest absolute Gasteiger partial charge is 0.244 e. The highest BCUT2D eigenvalue weighted by molar-refractivity contribution is 5.91. The van der Waals surface area contributed by atoms with Gasteiger partial charge in [-0.1, -0.05) is 0 Å². The Bertz CT molecular complexity index is 514. The number of carbonyl (C=O) groups is 1. The van der Waals surface area contributed by atoms with Crippen LogP contribution in [0, 0.1) is 0 Å². The van der Waals surface area contributed by atoms with Gasteiger partial charge < -0.3 is 19.3 Å². The molecule has 2 aromatic heterocycles. The molecule has 19 heavy (non-hydrogen) atoms. The van der Waals surface area contributed by atoms with Crippen molar-refractivity contribution in [3.63, 3.8) is 0 Å². The van der Waals surface area contributed by atoms with Crippen molar-refractivity contribution in [3.05, 3.63) is 54.4 Å². The summed E-state index contributed by atoms with van der Waals surface area (Å²) in [4.78, 5) is 11.5. The number of aliphatic hydroxyl groups excluding tert-OH is 1. The first-order chi connectivity index (χ1) is 9.25. The summed E-state index contributed by atoms with van der Waals surface area (Å²) in [5.41, 5.74) is 0. The van der Waals surface area contributed by atoms with E-state index in [1.807, 2.05) is 0 Å². The van der Waals surface area contributed by atoms with Gasteiger partial charge in [-0.05, 0) is 36.8 Å². The molecular formula is C14H15NO4.